The molecule has 0 unspecified atom stereocenters. The minimum atomic E-state index is -0.533. The van der Waals surface area contributed by atoms with Gasteiger partial charge in [0.15, 0.2) is 10.7 Å². The summed E-state index contributed by atoms with van der Waals surface area (Å²) in [6.45, 7) is 1.56. The van der Waals surface area contributed by atoms with Crippen LogP contribution in [-0.2, 0) is 0 Å². The second-order valence-corrected chi connectivity index (χ2v) is 9.43. The summed E-state index contributed by atoms with van der Waals surface area (Å²) in [7, 11) is 1.54. The summed E-state index contributed by atoms with van der Waals surface area (Å²) >= 11 is 11.6. The first kappa shape index (κ1) is 25.4. The van der Waals surface area contributed by atoms with E-state index < -0.39 is 10.8 Å². The van der Waals surface area contributed by atoms with Gasteiger partial charge in [0.25, 0.3) is 11.6 Å². The van der Waals surface area contributed by atoms with Crippen LogP contribution < -0.4 is 20.3 Å². The number of non-ortho nitro benzene ring substituents is 1. The van der Waals surface area contributed by atoms with E-state index in [1.807, 2.05) is 4.90 Å². The van der Waals surface area contributed by atoms with Crippen molar-refractivity contribution in [3.05, 3.63) is 75.3 Å². The molecule has 194 valence electrons. The number of thiocarbonyl (C=S) groups is 1. The predicted molar refractivity (Wildman–Crippen MR) is 149 cm³/mol. The molecule has 0 spiro atoms. The normalized spacial score (nSPS) is 12.9. The van der Waals surface area contributed by atoms with Crippen molar-refractivity contribution in [2.45, 2.75) is 12.8 Å². The van der Waals surface area contributed by atoms with Crippen LogP contribution in [0, 0.1) is 10.1 Å². The molecule has 0 bridgehead atoms. The molecule has 38 heavy (non-hydrogen) atoms. The summed E-state index contributed by atoms with van der Waals surface area (Å²) in [5.41, 5.74) is 3.07. The average Bonchev–Trinajstić information content (AvgIpc) is 3.58. The molecule has 12 heteroatoms. The van der Waals surface area contributed by atoms with Crippen LogP contribution in [0.15, 0.2) is 59.0 Å². The lowest BCUT2D eigenvalue weighted by molar-refractivity contribution is -0.384. The topological polar surface area (TPSA) is 123 Å². The Hall–Kier alpha value is -4.22. The van der Waals surface area contributed by atoms with Crippen molar-refractivity contribution in [3.8, 4) is 17.2 Å². The number of halogens is 1. The van der Waals surface area contributed by atoms with Gasteiger partial charge in [-0.15, -0.1) is 0 Å². The van der Waals surface area contributed by atoms with Crippen LogP contribution in [0.25, 0.3) is 22.6 Å². The Morgan fingerprint density at radius 2 is 1.95 bits per heavy atom. The minimum absolute atomic E-state index is 0.0406. The van der Waals surface area contributed by atoms with Crippen LogP contribution in [0.4, 0.5) is 17.1 Å². The van der Waals surface area contributed by atoms with Crippen molar-refractivity contribution in [1.29, 1.82) is 0 Å². The third kappa shape index (κ3) is 5.24. The number of nitrogens with one attached hydrogen (secondary N) is 2. The maximum absolute atomic E-state index is 13.1. The van der Waals surface area contributed by atoms with Gasteiger partial charge in [-0.05, 0) is 67.5 Å². The number of oxazole rings is 1. The summed E-state index contributed by atoms with van der Waals surface area (Å²) in [4.78, 5) is 30.5. The number of rotatable bonds is 6. The highest BCUT2D eigenvalue weighted by Crippen LogP contribution is 2.32. The number of hydrogen-bond donors (Lipinski definition) is 2. The number of hydrogen-bond acceptors (Lipinski definition) is 8. The highest BCUT2D eigenvalue weighted by Gasteiger charge is 2.23. The maximum Gasteiger partial charge on any atom is 0.270 e. The highest BCUT2D eigenvalue weighted by atomic mass is 35.5. The molecule has 0 aliphatic carbocycles. The number of benzene rings is 3. The van der Waals surface area contributed by atoms with Gasteiger partial charge in [-0.1, -0.05) is 11.6 Å². The molecule has 10 nitrogen and oxygen atoms in total. The van der Waals surface area contributed by atoms with Gasteiger partial charge in [0.2, 0.25) is 5.89 Å². The Balaban J connectivity index is 1.33. The molecule has 1 amide bonds. The number of nitro benzene ring substituents is 1. The smallest absolute Gasteiger partial charge is 0.270 e. The fourth-order valence-electron chi connectivity index (χ4n) is 4.31. The number of carbonyl (C=O) groups is 1. The second-order valence-electron chi connectivity index (χ2n) is 8.61. The molecule has 1 aliphatic rings. The standard InChI is InChI=1S/C26H22ClN5O5S/c1-36-22-8-4-15(12-19(22)27)25-29-20-13-16(5-9-23(20)37-25)28-26(38)30-24(33)18-14-17(32(34)35)6-7-21(18)31-10-2-3-11-31/h4-9,12-14H,2-3,10-11H2,1H3,(H2,28,30,33,38). The first-order valence-electron chi connectivity index (χ1n) is 11.7. The van der Waals surface area contributed by atoms with Gasteiger partial charge in [0.1, 0.15) is 11.3 Å². The molecule has 4 aromatic rings. The molecule has 0 atom stereocenters. The summed E-state index contributed by atoms with van der Waals surface area (Å²) in [5, 5.41) is 17.4. The summed E-state index contributed by atoms with van der Waals surface area (Å²) < 4.78 is 11.0. The Morgan fingerprint density at radius 3 is 2.66 bits per heavy atom. The van der Waals surface area contributed by atoms with E-state index in [1.54, 1.807) is 42.5 Å². The van der Waals surface area contributed by atoms with E-state index in [-0.39, 0.29) is 16.4 Å². The molecular weight excluding hydrogens is 530 g/mol. The molecule has 2 N–H and O–H groups in total. The van der Waals surface area contributed by atoms with Crippen LogP contribution in [0.3, 0.4) is 0 Å². The van der Waals surface area contributed by atoms with Crippen molar-refractivity contribution in [2.75, 3.05) is 30.4 Å². The lowest BCUT2D eigenvalue weighted by Gasteiger charge is -2.21. The summed E-state index contributed by atoms with van der Waals surface area (Å²) in [6.07, 6.45) is 1.99. The fourth-order valence-corrected chi connectivity index (χ4v) is 4.78. The van der Waals surface area contributed by atoms with Crippen LogP contribution in [-0.4, -0.2) is 41.1 Å². The molecule has 2 heterocycles. The molecular formula is C26H22ClN5O5S. The fraction of sp³-hybridized carbons (Fsp3) is 0.192. The maximum atomic E-state index is 13.1. The lowest BCUT2D eigenvalue weighted by Crippen LogP contribution is -2.35. The number of methoxy groups -OCH3 is 1. The van der Waals surface area contributed by atoms with Gasteiger partial charge in [-0.25, -0.2) is 4.98 Å². The molecule has 0 saturated carbocycles. The van der Waals surface area contributed by atoms with Gasteiger partial charge in [-0.2, -0.15) is 0 Å². The van der Waals surface area contributed by atoms with Crippen LogP contribution >= 0.6 is 23.8 Å². The van der Waals surface area contributed by atoms with Crippen LogP contribution in [0.5, 0.6) is 5.75 Å². The van der Waals surface area contributed by atoms with Gasteiger partial charge in [0, 0.05) is 36.5 Å². The van der Waals surface area contributed by atoms with Gasteiger partial charge < -0.3 is 19.4 Å². The largest absolute Gasteiger partial charge is 0.495 e. The first-order chi connectivity index (χ1) is 18.3. The van der Waals surface area contributed by atoms with Gasteiger partial charge in [-0.3, -0.25) is 20.2 Å². The number of nitrogens with zero attached hydrogens (tertiary/aromatic N) is 3. The van der Waals surface area contributed by atoms with E-state index in [4.69, 9.17) is 33.0 Å². The Labute approximate surface area is 227 Å². The SMILES string of the molecule is COc1ccc(-c2nc3cc(NC(=S)NC(=O)c4cc([N+](=O)[O-])ccc4N4CCCC4)ccc3o2)cc1Cl. The zero-order valence-electron chi connectivity index (χ0n) is 20.2. The number of amides is 1. The summed E-state index contributed by atoms with van der Waals surface area (Å²) in [6, 6.07) is 14.7. The minimum Gasteiger partial charge on any atom is -0.495 e. The van der Waals surface area contributed by atoms with Crippen molar-refractivity contribution in [3.63, 3.8) is 0 Å². The quantitative estimate of drug-likeness (QED) is 0.174. The Bertz CT molecular complexity index is 1570. The third-order valence-electron chi connectivity index (χ3n) is 6.15. The lowest BCUT2D eigenvalue weighted by atomic mass is 10.1. The second kappa shape index (κ2) is 10.6. The van der Waals surface area contributed by atoms with E-state index in [0.29, 0.717) is 44.7 Å². The van der Waals surface area contributed by atoms with E-state index >= 15 is 0 Å². The number of ether oxygens (including phenoxy) is 1. The average molecular weight is 552 g/mol. The monoisotopic (exact) mass is 551 g/mol. The number of carbonyl (C=O) groups excluding carboxylic acids is 1. The molecule has 1 fully saturated rings. The predicted octanol–water partition coefficient (Wildman–Crippen LogP) is 5.79. The highest BCUT2D eigenvalue weighted by molar-refractivity contribution is 7.80. The number of fused-ring (bicyclic) bond motifs is 1. The number of nitro groups is 1. The van der Waals surface area contributed by atoms with Crippen molar-refractivity contribution in [2.24, 2.45) is 0 Å². The number of aromatic nitrogens is 1. The molecule has 5 rings (SSSR count). The van der Waals surface area contributed by atoms with E-state index in [0.717, 1.165) is 25.9 Å². The zero-order chi connectivity index (χ0) is 26.8. The van der Waals surface area contributed by atoms with E-state index in [1.165, 1.54) is 19.2 Å². The third-order valence-corrected chi connectivity index (χ3v) is 6.65. The molecule has 1 aliphatic heterocycles. The van der Waals surface area contributed by atoms with Crippen LogP contribution in [0.2, 0.25) is 5.02 Å². The van der Waals surface area contributed by atoms with Gasteiger partial charge in [0.05, 0.1) is 28.3 Å². The Kier molecular flexibility index (Phi) is 7.12. The first-order valence-corrected chi connectivity index (χ1v) is 12.5. The molecule has 0 radical (unpaired) electrons. The van der Waals surface area contributed by atoms with Gasteiger partial charge >= 0.3 is 0 Å². The zero-order valence-corrected chi connectivity index (χ0v) is 21.8. The number of anilines is 2. The van der Waals surface area contributed by atoms with Crippen molar-refractivity contribution >= 4 is 63.0 Å². The summed E-state index contributed by atoms with van der Waals surface area (Å²) in [5.74, 6) is 0.401. The van der Waals surface area contributed by atoms with Crippen LogP contribution in [0.1, 0.15) is 23.2 Å². The van der Waals surface area contributed by atoms with Crippen molar-refractivity contribution < 1.29 is 18.9 Å². The van der Waals surface area contributed by atoms with E-state index in [9.17, 15) is 14.9 Å². The molecule has 1 saturated heterocycles. The molecule has 3 aromatic carbocycles. The Morgan fingerprint density at radius 1 is 1.16 bits per heavy atom. The van der Waals surface area contributed by atoms with Crippen molar-refractivity contribution in [1.82, 2.24) is 10.3 Å². The molecule has 1 aromatic heterocycles. The van der Waals surface area contributed by atoms with E-state index in [2.05, 4.69) is 15.6 Å².